The summed E-state index contributed by atoms with van der Waals surface area (Å²) < 4.78 is 5.14. The highest BCUT2D eigenvalue weighted by Crippen LogP contribution is 2.35. The van der Waals surface area contributed by atoms with Gasteiger partial charge in [-0.05, 0) is 67.7 Å². The molecular formula is C28H34N2O3. The van der Waals surface area contributed by atoms with Crippen molar-refractivity contribution in [3.05, 3.63) is 76.5 Å². The number of aryl methyl sites for hydroxylation is 2. The van der Waals surface area contributed by atoms with E-state index in [-0.39, 0.29) is 11.8 Å². The summed E-state index contributed by atoms with van der Waals surface area (Å²) in [6.45, 7) is 6.61. The average Bonchev–Trinajstić information content (AvgIpc) is 3.07. The number of rotatable bonds is 8. The second-order valence-corrected chi connectivity index (χ2v) is 9.25. The molecule has 2 aliphatic rings. The Balaban J connectivity index is 1.57. The van der Waals surface area contributed by atoms with Crippen LogP contribution in [0.2, 0.25) is 0 Å². The van der Waals surface area contributed by atoms with E-state index in [1.165, 1.54) is 16.0 Å². The highest BCUT2D eigenvalue weighted by Gasteiger charge is 2.42. The minimum atomic E-state index is -0.180. The molecule has 2 amide bonds. The number of ether oxygens (including phenoxy) is 1. The number of carbonyl (C=O) groups excluding carboxylic acids is 2. The number of carbonyl (C=O) groups is 2. The lowest BCUT2D eigenvalue weighted by atomic mass is 9.89. The highest BCUT2D eigenvalue weighted by atomic mass is 16.5. The van der Waals surface area contributed by atoms with Crippen molar-refractivity contribution in [3.63, 3.8) is 0 Å². The molecule has 2 aromatic carbocycles. The van der Waals surface area contributed by atoms with E-state index in [4.69, 9.17) is 4.74 Å². The van der Waals surface area contributed by atoms with Gasteiger partial charge in [0.2, 0.25) is 0 Å². The maximum atomic E-state index is 13.5. The second kappa shape index (κ2) is 10.3. The number of piperidine rings is 1. The summed E-state index contributed by atoms with van der Waals surface area (Å²) in [5.41, 5.74) is 5.64. The molecule has 1 fully saturated rings. The van der Waals surface area contributed by atoms with Crippen LogP contribution in [0.5, 0.6) is 0 Å². The third kappa shape index (κ3) is 5.03. The molecule has 0 aromatic heterocycles. The smallest absolute Gasteiger partial charge is 0.277 e. The highest BCUT2D eigenvalue weighted by molar-refractivity contribution is 6.35. The molecule has 5 heteroatoms. The first-order valence-corrected chi connectivity index (χ1v) is 12.0. The van der Waals surface area contributed by atoms with Gasteiger partial charge in [0.1, 0.15) is 5.70 Å². The van der Waals surface area contributed by atoms with Gasteiger partial charge in [-0.3, -0.25) is 14.5 Å². The quantitative estimate of drug-likeness (QED) is 0.446. The standard InChI is InChI=1S/C28H34N2O3/c1-20-10-11-24(18-21(20)2)25-26(28(32)30(27(25)31)14-7-17-33-3)29-15-12-23(13-16-29)19-22-8-5-4-6-9-22/h4-6,8-11,18,23H,7,12-17,19H2,1-3H3. The van der Waals surface area contributed by atoms with Crippen molar-refractivity contribution < 1.29 is 14.3 Å². The molecule has 0 aliphatic carbocycles. The molecule has 0 N–H and O–H groups in total. The Hall–Kier alpha value is -2.92. The van der Waals surface area contributed by atoms with Gasteiger partial charge in [0.05, 0.1) is 5.57 Å². The van der Waals surface area contributed by atoms with Crippen LogP contribution in [-0.4, -0.2) is 55.0 Å². The maximum absolute atomic E-state index is 13.5. The van der Waals surface area contributed by atoms with E-state index >= 15 is 0 Å². The number of benzene rings is 2. The zero-order valence-electron chi connectivity index (χ0n) is 20.0. The van der Waals surface area contributed by atoms with E-state index in [0.29, 0.717) is 36.8 Å². The molecule has 0 unspecified atom stereocenters. The van der Waals surface area contributed by atoms with Crippen LogP contribution in [-0.2, 0) is 20.7 Å². The Bertz CT molecular complexity index is 1040. The number of nitrogens with zero attached hydrogens (tertiary/aromatic N) is 2. The Morgan fingerprint density at radius 3 is 2.33 bits per heavy atom. The van der Waals surface area contributed by atoms with E-state index in [9.17, 15) is 9.59 Å². The van der Waals surface area contributed by atoms with Crippen LogP contribution < -0.4 is 0 Å². The van der Waals surface area contributed by atoms with Crippen LogP contribution in [0.1, 0.15) is 41.5 Å². The largest absolute Gasteiger partial charge is 0.385 e. The van der Waals surface area contributed by atoms with Crippen LogP contribution in [0.3, 0.4) is 0 Å². The molecule has 1 saturated heterocycles. The number of hydrogen-bond acceptors (Lipinski definition) is 4. The van der Waals surface area contributed by atoms with Gasteiger partial charge in [0, 0.05) is 33.4 Å². The van der Waals surface area contributed by atoms with Crippen LogP contribution in [0.25, 0.3) is 5.57 Å². The molecule has 0 spiro atoms. The van der Waals surface area contributed by atoms with Crippen molar-refractivity contribution in [1.29, 1.82) is 0 Å². The van der Waals surface area contributed by atoms with Gasteiger partial charge in [0.25, 0.3) is 11.8 Å². The first-order chi connectivity index (χ1) is 16.0. The Labute approximate surface area is 197 Å². The molecule has 5 nitrogen and oxygen atoms in total. The zero-order chi connectivity index (χ0) is 23.4. The van der Waals surface area contributed by atoms with Crippen LogP contribution in [0.15, 0.2) is 54.2 Å². The monoisotopic (exact) mass is 446 g/mol. The fourth-order valence-corrected chi connectivity index (χ4v) is 4.89. The lowest BCUT2D eigenvalue weighted by molar-refractivity contribution is -0.137. The molecule has 2 heterocycles. The normalized spacial score (nSPS) is 17.4. The summed E-state index contributed by atoms with van der Waals surface area (Å²) in [7, 11) is 1.64. The van der Waals surface area contributed by atoms with Crippen molar-refractivity contribution in [2.45, 2.75) is 39.5 Å². The Kier molecular flexibility index (Phi) is 7.29. The van der Waals surface area contributed by atoms with Crippen molar-refractivity contribution >= 4 is 17.4 Å². The third-order valence-corrected chi connectivity index (χ3v) is 6.97. The molecule has 4 rings (SSSR count). The molecular weight excluding hydrogens is 412 g/mol. The van der Waals surface area contributed by atoms with Crippen LogP contribution in [0.4, 0.5) is 0 Å². The summed E-state index contributed by atoms with van der Waals surface area (Å²) >= 11 is 0. The van der Waals surface area contributed by atoms with Crippen molar-refractivity contribution in [2.24, 2.45) is 5.92 Å². The van der Waals surface area contributed by atoms with Gasteiger partial charge >= 0.3 is 0 Å². The van der Waals surface area contributed by atoms with Crippen LogP contribution in [0, 0.1) is 19.8 Å². The molecule has 0 bridgehead atoms. The van der Waals surface area contributed by atoms with Crippen LogP contribution >= 0.6 is 0 Å². The Morgan fingerprint density at radius 2 is 1.67 bits per heavy atom. The van der Waals surface area contributed by atoms with Crippen molar-refractivity contribution in [2.75, 3.05) is 33.4 Å². The fourth-order valence-electron chi connectivity index (χ4n) is 4.89. The lowest BCUT2D eigenvalue weighted by Gasteiger charge is -2.34. The van der Waals surface area contributed by atoms with E-state index in [2.05, 4.69) is 36.1 Å². The number of amides is 2. The lowest BCUT2D eigenvalue weighted by Crippen LogP contribution is -2.39. The SMILES string of the molecule is COCCCN1C(=O)C(c2ccc(C)c(C)c2)=C(N2CCC(Cc3ccccc3)CC2)C1=O. The van der Waals surface area contributed by atoms with Crippen molar-refractivity contribution in [1.82, 2.24) is 9.80 Å². The predicted molar refractivity (Wildman–Crippen MR) is 130 cm³/mol. The van der Waals surface area contributed by atoms with Gasteiger partial charge in [-0.15, -0.1) is 0 Å². The summed E-state index contributed by atoms with van der Waals surface area (Å²) in [4.78, 5) is 30.5. The third-order valence-electron chi connectivity index (χ3n) is 6.97. The predicted octanol–water partition coefficient (Wildman–Crippen LogP) is 4.37. The summed E-state index contributed by atoms with van der Waals surface area (Å²) in [6.07, 6.45) is 3.74. The zero-order valence-corrected chi connectivity index (χ0v) is 20.0. The number of imide groups is 1. The number of methoxy groups -OCH3 is 1. The summed E-state index contributed by atoms with van der Waals surface area (Å²) in [5, 5.41) is 0. The fraction of sp³-hybridized carbons (Fsp3) is 0.429. The van der Waals surface area contributed by atoms with Crippen molar-refractivity contribution in [3.8, 4) is 0 Å². The molecule has 2 aliphatic heterocycles. The average molecular weight is 447 g/mol. The number of hydrogen-bond donors (Lipinski definition) is 0. The van der Waals surface area contributed by atoms with E-state index < -0.39 is 0 Å². The number of likely N-dealkylation sites (tertiary alicyclic amines) is 1. The summed E-state index contributed by atoms with van der Waals surface area (Å²) in [5.74, 6) is 0.255. The van der Waals surface area contributed by atoms with Gasteiger partial charge in [-0.1, -0.05) is 48.5 Å². The van der Waals surface area contributed by atoms with E-state index in [0.717, 1.165) is 43.5 Å². The minimum Gasteiger partial charge on any atom is -0.385 e. The molecule has 0 saturated carbocycles. The van der Waals surface area contributed by atoms with E-state index in [1.807, 2.05) is 31.2 Å². The molecule has 0 radical (unpaired) electrons. The van der Waals surface area contributed by atoms with Gasteiger partial charge in [-0.25, -0.2) is 0 Å². The summed E-state index contributed by atoms with van der Waals surface area (Å²) in [6, 6.07) is 16.6. The van der Waals surface area contributed by atoms with Gasteiger partial charge in [-0.2, -0.15) is 0 Å². The van der Waals surface area contributed by atoms with Gasteiger partial charge < -0.3 is 9.64 Å². The Morgan fingerprint density at radius 1 is 0.939 bits per heavy atom. The van der Waals surface area contributed by atoms with Gasteiger partial charge in [0.15, 0.2) is 0 Å². The first kappa shape index (κ1) is 23.2. The topological polar surface area (TPSA) is 49.9 Å². The molecule has 2 aromatic rings. The molecule has 174 valence electrons. The molecule has 33 heavy (non-hydrogen) atoms. The maximum Gasteiger partial charge on any atom is 0.277 e. The molecule has 0 atom stereocenters. The van der Waals surface area contributed by atoms with E-state index in [1.54, 1.807) is 7.11 Å². The first-order valence-electron chi connectivity index (χ1n) is 12.0. The minimum absolute atomic E-state index is 0.161. The second-order valence-electron chi connectivity index (χ2n) is 9.25.